The normalized spacial score (nSPS) is 10.7. The van der Waals surface area contributed by atoms with Crippen LogP contribution in [0.15, 0.2) is 65.3 Å². The maximum atomic E-state index is 12.7. The summed E-state index contributed by atoms with van der Waals surface area (Å²) in [5.41, 5.74) is 2.03. The number of hydrogen-bond donors (Lipinski definition) is 1. The Kier molecular flexibility index (Phi) is 5.11. The van der Waals surface area contributed by atoms with Gasteiger partial charge < -0.3 is 14.8 Å². The Morgan fingerprint density at radius 1 is 0.966 bits per heavy atom. The third-order valence-electron chi connectivity index (χ3n) is 4.63. The molecule has 29 heavy (non-hydrogen) atoms. The molecular weight excluding hydrogens is 370 g/mol. The van der Waals surface area contributed by atoms with Crippen LogP contribution >= 0.6 is 0 Å². The number of aromatic nitrogens is 2. The molecule has 0 aliphatic carbocycles. The molecule has 0 saturated heterocycles. The van der Waals surface area contributed by atoms with E-state index in [9.17, 15) is 4.79 Å². The fourth-order valence-corrected chi connectivity index (χ4v) is 3.24. The third-order valence-corrected chi connectivity index (χ3v) is 4.63. The molecule has 7 nitrogen and oxygen atoms in total. The van der Waals surface area contributed by atoms with Gasteiger partial charge in [-0.1, -0.05) is 42.5 Å². The van der Waals surface area contributed by atoms with Crippen LogP contribution in [0.3, 0.4) is 0 Å². The molecule has 4 rings (SSSR count). The molecule has 0 radical (unpaired) electrons. The van der Waals surface area contributed by atoms with Crippen LogP contribution in [0.4, 0.5) is 5.82 Å². The van der Waals surface area contributed by atoms with Gasteiger partial charge in [-0.25, -0.2) is 4.63 Å². The molecule has 0 spiro atoms. The van der Waals surface area contributed by atoms with Crippen molar-refractivity contribution in [3.05, 3.63) is 66.2 Å². The van der Waals surface area contributed by atoms with Crippen molar-refractivity contribution in [3.8, 4) is 22.8 Å². The first-order valence-corrected chi connectivity index (χ1v) is 9.01. The predicted octanol–water partition coefficient (Wildman–Crippen LogP) is 4.09. The van der Waals surface area contributed by atoms with Crippen LogP contribution in [0, 0.1) is 0 Å². The van der Waals surface area contributed by atoms with Crippen molar-refractivity contribution < 1.29 is 18.9 Å². The van der Waals surface area contributed by atoms with E-state index < -0.39 is 0 Å². The second-order valence-electron chi connectivity index (χ2n) is 6.39. The van der Waals surface area contributed by atoms with E-state index in [0.717, 1.165) is 16.3 Å². The lowest BCUT2D eigenvalue weighted by molar-refractivity contribution is -0.115. The molecule has 0 bridgehead atoms. The van der Waals surface area contributed by atoms with Crippen LogP contribution < -0.4 is 14.8 Å². The average Bonchev–Trinajstić information content (AvgIpc) is 3.21. The lowest BCUT2D eigenvalue weighted by atomic mass is 10.0. The number of carbonyl (C=O) groups is 1. The molecule has 0 atom stereocenters. The van der Waals surface area contributed by atoms with Crippen LogP contribution in [0.1, 0.15) is 5.56 Å². The third kappa shape index (κ3) is 3.75. The molecule has 146 valence electrons. The minimum absolute atomic E-state index is 0.208. The molecule has 0 saturated carbocycles. The maximum Gasteiger partial charge on any atom is 0.230 e. The van der Waals surface area contributed by atoms with Gasteiger partial charge in [-0.15, -0.1) is 0 Å². The van der Waals surface area contributed by atoms with Gasteiger partial charge in [0.15, 0.2) is 17.2 Å². The monoisotopic (exact) mass is 389 g/mol. The number of fused-ring (bicyclic) bond motifs is 1. The van der Waals surface area contributed by atoms with Crippen LogP contribution in [0.2, 0.25) is 0 Å². The van der Waals surface area contributed by atoms with Gasteiger partial charge >= 0.3 is 0 Å². The summed E-state index contributed by atoms with van der Waals surface area (Å²) in [5.74, 6) is 1.18. The second-order valence-corrected chi connectivity index (χ2v) is 6.39. The Labute approximate surface area is 167 Å². The SMILES string of the molecule is COc1ccc(-c2nonc2NC(=O)Cc2cccc3ccccc23)cc1OC. The molecular formula is C22H19N3O4. The number of hydrogen-bond acceptors (Lipinski definition) is 6. The Morgan fingerprint density at radius 2 is 1.76 bits per heavy atom. The standard InChI is InChI=1S/C22H19N3O4/c1-27-18-11-10-16(12-19(18)28-2)21-22(25-29-24-21)23-20(26)13-15-8-5-7-14-6-3-4-9-17(14)15/h3-12H,13H2,1-2H3,(H,23,25,26). The summed E-state index contributed by atoms with van der Waals surface area (Å²) in [6, 6.07) is 19.2. The predicted molar refractivity (Wildman–Crippen MR) is 109 cm³/mol. The van der Waals surface area contributed by atoms with E-state index in [1.807, 2.05) is 42.5 Å². The lowest BCUT2D eigenvalue weighted by Crippen LogP contribution is -2.15. The number of carbonyl (C=O) groups excluding carboxylic acids is 1. The summed E-state index contributed by atoms with van der Waals surface area (Å²) in [4.78, 5) is 12.7. The average molecular weight is 389 g/mol. The van der Waals surface area contributed by atoms with E-state index in [-0.39, 0.29) is 18.1 Å². The van der Waals surface area contributed by atoms with Crippen LogP contribution in [-0.2, 0) is 11.2 Å². The highest BCUT2D eigenvalue weighted by molar-refractivity contribution is 5.97. The first kappa shape index (κ1) is 18.5. The number of amides is 1. The summed E-state index contributed by atoms with van der Waals surface area (Å²) in [7, 11) is 3.11. The number of ether oxygens (including phenoxy) is 2. The topological polar surface area (TPSA) is 86.5 Å². The molecule has 0 aliphatic heterocycles. The zero-order valence-corrected chi connectivity index (χ0v) is 16.0. The summed E-state index contributed by atoms with van der Waals surface area (Å²) in [5, 5.41) is 12.7. The van der Waals surface area contributed by atoms with Crippen molar-refractivity contribution in [2.45, 2.75) is 6.42 Å². The summed E-state index contributed by atoms with van der Waals surface area (Å²) in [6.45, 7) is 0. The largest absolute Gasteiger partial charge is 0.493 e. The zero-order valence-electron chi connectivity index (χ0n) is 16.0. The first-order chi connectivity index (χ1) is 14.2. The van der Waals surface area contributed by atoms with E-state index in [1.54, 1.807) is 32.4 Å². The van der Waals surface area contributed by atoms with E-state index in [0.29, 0.717) is 22.8 Å². The minimum Gasteiger partial charge on any atom is -0.493 e. The Hall–Kier alpha value is -3.87. The fourth-order valence-electron chi connectivity index (χ4n) is 3.24. The number of benzene rings is 3. The first-order valence-electron chi connectivity index (χ1n) is 9.01. The number of nitrogens with zero attached hydrogens (tertiary/aromatic N) is 2. The molecule has 7 heteroatoms. The fraction of sp³-hybridized carbons (Fsp3) is 0.136. The molecule has 0 fully saturated rings. The van der Waals surface area contributed by atoms with Gasteiger partial charge in [0.1, 0.15) is 0 Å². The van der Waals surface area contributed by atoms with E-state index in [2.05, 4.69) is 15.6 Å². The number of anilines is 1. The van der Waals surface area contributed by atoms with Gasteiger partial charge in [-0.05, 0) is 44.8 Å². The number of methoxy groups -OCH3 is 2. The molecule has 3 aromatic carbocycles. The molecule has 0 unspecified atom stereocenters. The second kappa shape index (κ2) is 8.02. The highest BCUT2D eigenvalue weighted by Crippen LogP contribution is 2.33. The molecule has 1 amide bonds. The summed E-state index contributed by atoms with van der Waals surface area (Å²) in [6.07, 6.45) is 0.208. The van der Waals surface area contributed by atoms with E-state index >= 15 is 0 Å². The zero-order chi connectivity index (χ0) is 20.2. The van der Waals surface area contributed by atoms with Gasteiger partial charge in [-0.3, -0.25) is 4.79 Å². The van der Waals surface area contributed by atoms with Crippen molar-refractivity contribution >= 4 is 22.5 Å². The van der Waals surface area contributed by atoms with Crippen LogP contribution in [0.25, 0.3) is 22.0 Å². The van der Waals surface area contributed by atoms with E-state index in [4.69, 9.17) is 14.1 Å². The van der Waals surface area contributed by atoms with Crippen molar-refractivity contribution in [2.75, 3.05) is 19.5 Å². The van der Waals surface area contributed by atoms with Gasteiger partial charge in [0.2, 0.25) is 11.7 Å². The number of nitrogens with one attached hydrogen (secondary N) is 1. The van der Waals surface area contributed by atoms with Gasteiger partial charge in [0, 0.05) is 5.56 Å². The van der Waals surface area contributed by atoms with Gasteiger partial charge in [0.25, 0.3) is 0 Å². The van der Waals surface area contributed by atoms with Crippen molar-refractivity contribution in [1.29, 1.82) is 0 Å². The van der Waals surface area contributed by atoms with Crippen molar-refractivity contribution in [1.82, 2.24) is 10.3 Å². The highest BCUT2D eigenvalue weighted by Gasteiger charge is 2.17. The molecule has 1 heterocycles. The molecule has 1 N–H and O–H groups in total. The van der Waals surface area contributed by atoms with Crippen molar-refractivity contribution in [2.24, 2.45) is 0 Å². The van der Waals surface area contributed by atoms with Crippen LogP contribution in [0.5, 0.6) is 11.5 Å². The summed E-state index contributed by atoms with van der Waals surface area (Å²) >= 11 is 0. The van der Waals surface area contributed by atoms with Crippen molar-refractivity contribution in [3.63, 3.8) is 0 Å². The Morgan fingerprint density at radius 3 is 2.59 bits per heavy atom. The molecule has 4 aromatic rings. The summed E-state index contributed by atoms with van der Waals surface area (Å²) < 4.78 is 15.4. The minimum atomic E-state index is -0.209. The maximum absolute atomic E-state index is 12.7. The highest BCUT2D eigenvalue weighted by atomic mass is 16.6. The molecule has 1 aromatic heterocycles. The van der Waals surface area contributed by atoms with E-state index in [1.165, 1.54) is 0 Å². The van der Waals surface area contributed by atoms with Crippen LogP contribution in [-0.4, -0.2) is 30.4 Å². The smallest absolute Gasteiger partial charge is 0.230 e. The van der Waals surface area contributed by atoms with Gasteiger partial charge in [0.05, 0.1) is 20.6 Å². The Balaban J connectivity index is 1.57. The van der Waals surface area contributed by atoms with Gasteiger partial charge in [-0.2, -0.15) is 0 Å². The lowest BCUT2D eigenvalue weighted by Gasteiger charge is -2.09. The Bertz CT molecular complexity index is 1160. The molecule has 0 aliphatic rings. The number of rotatable bonds is 6. The quantitative estimate of drug-likeness (QED) is 0.535.